The number of aromatic nitrogens is 2. The summed E-state index contributed by atoms with van der Waals surface area (Å²) in [6, 6.07) is 11.6. The standard InChI is InChI=1S/C17H17N3OS2/c1-22-16-6-3-2-5-14(16)17(21)18-11-15(13-7-10-23-12-13)20-9-4-8-19-20/h2-10,12,15H,11H2,1H3,(H,18,21). The van der Waals surface area contributed by atoms with Gasteiger partial charge in [-0.05, 0) is 46.8 Å². The van der Waals surface area contributed by atoms with Crippen LogP contribution in [0.3, 0.4) is 0 Å². The molecule has 0 saturated heterocycles. The SMILES string of the molecule is CSc1ccccc1C(=O)NCC(c1ccsc1)n1cccn1. The van der Waals surface area contributed by atoms with Gasteiger partial charge in [0.25, 0.3) is 5.91 Å². The fourth-order valence-electron chi connectivity index (χ4n) is 2.41. The zero-order valence-electron chi connectivity index (χ0n) is 12.7. The van der Waals surface area contributed by atoms with E-state index in [-0.39, 0.29) is 11.9 Å². The maximum atomic E-state index is 12.5. The van der Waals surface area contributed by atoms with Gasteiger partial charge < -0.3 is 5.32 Å². The molecule has 118 valence electrons. The van der Waals surface area contributed by atoms with Crippen LogP contribution in [0.2, 0.25) is 0 Å². The number of thiophene rings is 1. The van der Waals surface area contributed by atoms with E-state index in [0.29, 0.717) is 12.1 Å². The molecule has 1 N–H and O–H groups in total. The summed E-state index contributed by atoms with van der Waals surface area (Å²) in [5.74, 6) is -0.0534. The van der Waals surface area contributed by atoms with E-state index in [1.54, 1.807) is 29.3 Å². The van der Waals surface area contributed by atoms with Gasteiger partial charge in [-0.25, -0.2) is 0 Å². The third kappa shape index (κ3) is 3.65. The highest BCUT2D eigenvalue weighted by Crippen LogP contribution is 2.22. The maximum absolute atomic E-state index is 12.5. The molecule has 1 atom stereocenters. The van der Waals surface area contributed by atoms with Gasteiger partial charge in [0.15, 0.2) is 0 Å². The monoisotopic (exact) mass is 343 g/mol. The lowest BCUT2D eigenvalue weighted by Gasteiger charge is -2.18. The van der Waals surface area contributed by atoms with E-state index in [4.69, 9.17) is 0 Å². The minimum absolute atomic E-state index is 0.00152. The molecule has 0 aliphatic carbocycles. The first-order valence-electron chi connectivity index (χ1n) is 7.22. The van der Waals surface area contributed by atoms with E-state index in [1.165, 1.54) is 0 Å². The van der Waals surface area contributed by atoms with E-state index in [2.05, 4.69) is 21.9 Å². The van der Waals surface area contributed by atoms with Gasteiger partial charge in [0.1, 0.15) is 0 Å². The van der Waals surface area contributed by atoms with Crippen LogP contribution in [0, 0.1) is 0 Å². The van der Waals surface area contributed by atoms with Crippen molar-refractivity contribution < 1.29 is 4.79 Å². The number of thioether (sulfide) groups is 1. The van der Waals surface area contributed by atoms with E-state index >= 15 is 0 Å². The minimum Gasteiger partial charge on any atom is -0.349 e. The Hall–Kier alpha value is -2.05. The third-order valence-electron chi connectivity index (χ3n) is 3.58. The summed E-state index contributed by atoms with van der Waals surface area (Å²) in [6.45, 7) is 0.500. The highest BCUT2D eigenvalue weighted by Gasteiger charge is 2.17. The predicted octanol–water partition coefficient (Wildman–Crippen LogP) is 3.69. The topological polar surface area (TPSA) is 46.9 Å². The van der Waals surface area contributed by atoms with Gasteiger partial charge in [0.05, 0.1) is 11.6 Å². The summed E-state index contributed by atoms with van der Waals surface area (Å²) in [5, 5.41) is 11.5. The average molecular weight is 343 g/mol. The molecule has 0 spiro atoms. The Balaban J connectivity index is 1.76. The van der Waals surface area contributed by atoms with Gasteiger partial charge in [-0.2, -0.15) is 16.4 Å². The number of carbonyl (C=O) groups excluding carboxylic acids is 1. The Labute approximate surface area is 143 Å². The van der Waals surface area contributed by atoms with Crippen LogP contribution in [-0.2, 0) is 0 Å². The second kappa shape index (κ2) is 7.48. The Morgan fingerprint density at radius 1 is 1.35 bits per heavy atom. The lowest BCUT2D eigenvalue weighted by molar-refractivity contribution is 0.0946. The van der Waals surface area contributed by atoms with Crippen molar-refractivity contribution in [3.05, 3.63) is 70.7 Å². The van der Waals surface area contributed by atoms with Crippen LogP contribution in [0.5, 0.6) is 0 Å². The van der Waals surface area contributed by atoms with E-state index in [1.807, 2.05) is 52.8 Å². The fraction of sp³-hybridized carbons (Fsp3) is 0.176. The normalized spacial score (nSPS) is 12.0. The first-order valence-corrected chi connectivity index (χ1v) is 9.39. The van der Waals surface area contributed by atoms with Crippen molar-refractivity contribution in [1.82, 2.24) is 15.1 Å². The molecule has 0 bridgehead atoms. The highest BCUT2D eigenvalue weighted by atomic mass is 32.2. The smallest absolute Gasteiger partial charge is 0.252 e. The first-order chi connectivity index (χ1) is 11.3. The summed E-state index contributed by atoms with van der Waals surface area (Å²) >= 11 is 3.22. The van der Waals surface area contributed by atoms with Crippen LogP contribution in [0.15, 0.2) is 64.4 Å². The van der Waals surface area contributed by atoms with Crippen LogP contribution in [0.4, 0.5) is 0 Å². The Bertz CT molecular complexity index is 720. The molecular formula is C17H17N3OS2. The summed E-state index contributed by atoms with van der Waals surface area (Å²) in [6.07, 6.45) is 5.65. The molecule has 0 fully saturated rings. The molecule has 3 rings (SSSR count). The van der Waals surface area contributed by atoms with Crippen molar-refractivity contribution in [1.29, 1.82) is 0 Å². The molecule has 6 heteroatoms. The molecule has 4 nitrogen and oxygen atoms in total. The number of amides is 1. The number of carbonyl (C=O) groups is 1. The number of hydrogen-bond acceptors (Lipinski definition) is 4. The van der Waals surface area contributed by atoms with E-state index in [9.17, 15) is 4.79 Å². The molecule has 2 aromatic heterocycles. The van der Waals surface area contributed by atoms with Crippen LogP contribution in [0.25, 0.3) is 0 Å². The third-order valence-corrected chi connectivity index (χ3v) is 5.08. The van der Waals surface area contributed by atoms with Crippen LogP contribution < -0.4 is 5.32 Å². The molecule has 1 aromatic carbocycles. The van der Waals surface area contributed by atoms with Crippen LogP contribution in [0.1, 0.15) is 22.0 Å². The molecule has 1 unspecified atom stereocenters. The molecule has 3 aromatic rings. The molecule has 0 aliphatic rings. The highest BCUT2D eigenvalue weighted by molar-refractivity contribution is 7.98. The Morgan fingerprint density at radius 2 is 2.22 bits per heavy atom. The first kappa shape index (κ1) is 15.8. The number of nitrogens with one attached hydrogen (secondary N) is 1. The molecule has 2 heterocycles. The van der Waals surface area contributed by atoms with Crippen molar-refractivity contribution in [2.75, 3.05) is 12.8 Å². The lowest BCUT2D eigenvalue weighted by atomic mass is 10.1. The van der Waals surface area contributed by atoms with Crippen molar-refractivity contribution in [2.24, 2.45) is 0 Å². The molecule has 1 amide bonds. The predicted molar refractivity (Wildman–Crippen MR) is 95.2 cm³/mol. The fourth-order valence-corrected chi connectivity index (χ4v) is 3.71. The van der Waals surface area contributed by atoms with Gasteiger partial charge in [-0.1, -0.05) is 12.1 Å². The van der Waals surface area contributed by atoms with Gasteiger partial charge >= 0.3 is 0 Å². The Kier molecular flexibility index (Phi) is 5.15. The van der Waals surface area contributed by atoms with E-state index < -0.39 is 0 Å². The van der Waals surface area contributed by atoms with Gasteiger partial charge in [-0.15, -0.1) is 11.8 Å². The minimum atomic E-state index is -0.0534. The number of benzene rings is 1. The van der Waals surface area contributed by atoms with Crippen molar-refractivity contribution in [2.45, 2.75) is 10.9 Å². The zero-order valence-corrected chi connectivity index (χ0v) is 14.3. The largest absolute Gasteiger partial charge is 0.349 e. The second-order valence-electron chi connectivity index (χ2n) is 4.97. The lowest BCUT2D eigenvalue weighted by Crippen LogP contribution is -2.31. The summed E-state index contributed by atoms with van der Waals surface area (Å²) in [4.78, 5) is 13.5. The molecule has 0 radical (unpaired) electrons. The number of hydrogen-bond donors (Lipinski definition) is 1. The van der Waals surface area contributed by atoms with Gasteiger partial charge in [0.2, 0.25) is 0 Å². The van der Waals surface area contributed by atoms with Crippen LogP contribution >= 0.6 is 23.1 Å². The average Bonchev–Trinajstić information content (AvgIpc) is 3.29. The number of nitrogens with zero attached hydrogens (tertiary/aromatic N) is 2. The van der Waals surface area contributed by atoms with Crippen LogP contribution in [-0.4, -0.2) is 28.5 Å². The van der Waals surface area contributed by atoms with Gasteiger partial charge in [-0.3, -0.25) is 9.48 Å². The molecular weight excluding hydrogens is 326 g/mol. The van der Waals surface area contributed by atoms with E-state index in [0.717, 1.165) is 10.5 Å². The van der Waals surface area contributed by atoms with Crippen molar-refractivity contribution >= 4 is 29.0 Å². The van der Waals surface area contributed by atoms with Crippen molar-refractivity contribution in [3.8, 4) is 0 Å². The summed E-state index contributed by atoms with van der Waals surface area (Å²) in [5.41, 5.74) is 1.86. The zero-order chi connectivity index (χ0) is 16.1. The van der Waals surface area contributed by atoms with Gasteiger partial charge in [0, 0.05) is 23.8 Å². The molecule has 23 heavy (non-hydrogen) atoms. The molecule has 0 saturated carbocycles. The maximum Gasteiger partial charge on any atom is 0.252 e. The second-order valence-corrected chi connectivity index (χ2v) is 6.60. The summed E-state index contributed by atoms with van der Waals surface area (Å²) in [7, 11) is 0. The Morgan fingerprint density at radius 3 is 2.91 bits per heavy atom. The quantitative estimate of drug-likeness (QED) is 0.695. The summed E-state index contributed by atoms with van der Waals surface area (Å²) < 4.78 is 1.88. The number of rotatable bonds is 6. The molecule has 0 aliphatic heterocycles. The van der Waals surface area contributed by atoms with Crippen molar-refractivity contribution in [3.63, 3.8) is 0 Å².